The highest BCUT2D eigenvalue weighted by Gasteiger charge is 2.19. The van der Waals surface area contributed by atoms with Crippen molar-refractivity contribution in [2.45, 2.75) is 6.10 Å². The summed E-state index contributed by atoms with van der Waals surface area (Å²) in [6.45, 7) is 2.94. The Morgan fingerprint density at radius 1 is 1.68 bits per heavy atom. The van der Waals surface area contributed by atoms with Gasteiger partial charge in [0.05, 0.1) is 18.3 Å². The summed E-state index contributed by atoms with van der Waals surface area (Å²) in [5, 5.41) is 2.82. The number of hydrogen-bond acceptors (Lipinski definition) is 5. The predicted molar refractivity (Wildman–Crippen MR) is 75.5 cm³/mol. The number of rotatable bonds is 3. The van der Waals surface area contributed by atoms with Crippen molar-refractivity contribution in [3.8, 4) is 0 Å². The molecule has 0 radical (unpaired) electrons. The number of likely N-dealkylation sites (N-methyl/N-ethyl adjacent to an activating group) is 1. The normalized spacial score (nSPS) is 19.5. The van der Waals surface area contributed by atoms with Crippen molar-refractivity contribution in [1.29, 1.82) is 0 Å². The average molecular weight is 287 g/mol. The number of nitrogens with one attached hydrogen (secondary N) is 1. The second-order valence-corrected chi connectivity index (χ2v) is 4.43. The van der Waals surface area contributed by atoms with Gasteiger partial charge >= 0.3 is 0 Å². The molecule has 0 aliphatic carbocycles. The number of morpholine rings is 1. The van der Waals surface area contributed by atoms with Crippen LogP contribution in [0.4, 0.5) is 5.69 Å². The maximum atomic E-state index is 11.9. The molecule has 1 fully saturated rings. The molecule has 1 aromatic rings. The molecular weight excluding hydrogens is 268 g/mol. The number of aromatic nitrogens is 1. The molecule has 0 aromatic carbocycles. The fourth-order valence-corrected chi connectivity index (χ4v) is 1.89. The minimum Gasteiger partial charge on any atom is -0.398 e. The zero-order valence-corrected chi connectivity index (χ0v) is 11.7. The maximum absolute atomic E-state index is 11.9. The summed E-state index contributed by atoms with van der Waals surface area (Å²) in [4.78, 5) is 18.0. The van der Waals surface area contributed by atoms with Gasteiger partial charge in [-0.25, -0.2) is 0 Å². The largest absolute Gasteiger partial charge is 0.398 e. The quantitative estimate of drug-likeness (QED) is 0.826. The van der Waals surface area contributed by atoms with Crippen LogP contribution < -0.4 is 11.1 Å². The third-order valence-corrected chi connectivity index (χ3v) is 2.93. The Morgan fingerprint density at radius 3 is 3.16 bits per heavy atom. The van der Waals surface area contributed by atoms with Crippen molar-refractivity contribution >= 4 is 24.0 Å². The Kier molecular flexibility index (Phi) is 6.01. The molecule has 1 saturated heterocycles. The standard InChI is InChI=1S/C12H18N4O2.ClH/c1-16-4-5-18-9(8-16)6-15-12(17)10-7-14-3-2-11(10)13;/h2-3,7,9H,4-6,8H2,1H3,(H2,13,14)(H,15,17);1H. The van der Waals surface area contributed by atoms with Gasteiger partial charge in [0, 0.05) is 37.7 Å². The smallest absolute Gasteiger partial charge is 0.255 e. The fraction of sp³-hybridized carbons (Fsp3) is 0.500. The Balaban J connectivity index is 0.00000180. The Hall–Kier alpha value is -1.37. The van der Waals surface area contributed by atoms with Crippen LogP contribution in [0, 0.1) is 0 Å². The van der Waals surface area contributed by atoms with E-state index in [0.29, 0.717) is 24.4 Å². The summed E-state index contributed by atoms with van der Waals surface area (Å²) < 4.78 is 5.56. The molecule has 1 unspecified atom stereocenters. The molecule has 3 N–H and O–H groups in total. The number of ether oxygens (including phenoxy) is 1. The number of carbonyl (C=O) groups is 1. The molecule has 106 valence electrons. The molecule has 2 rings (SSSR count). The molecule has 0 saturated carbocycles. The molecule has 7 heteroatoms. The van der Waals surface area contributed by atoms with E-state index in [0.717, 1.165) is 13.1 Å². The van der Waals surface area contributed by atoms with Gasteiger partial charge in [0.1, 0.15) is 0 Å². The van der Waals surface area contributed by atoms with Crippen LogP contribution in [-0.2, 0) is 4.74 Å². The SMILES string of the molecule is CN1CCOC(CNC(=O)c2cnccc2N)C1.Cl. The molecule has 1 aliphatic rings. The Morgan fingerprint density at radius 2 is 2.47 bits per heavy atom. The summed E-state index contributed by atoms with van der Waals surface area (Å²) in [5.74, 6) is -0.211. The first-order valence-corrected chi connectivity index (χ1v) is 5.94. The maximum Gasteiger partial charge on any atom is 0.255 e. The number of pyridine rings is 1. The lowest BCUT2D eigenvalue weighted by atomic mass is 10.2. The van der Waals surface area contributed by atoms with Crippen LogP contribution in [-0.4, -0.2) is 55.2 Å². The molecule has 1 aliphatic heterocycles. The van der Waals surface area contributed by atoms with Crippen molar-refractivity contribution in [3.63, 3.8) is 0 Å². The van der Waals surface area contributed by atoms with Gasteiger partial charge in [-0.05, 0) is 13.1 Å². The Bertz CT molecular complexity index is 430. The topological polar surface area (TPSA) is 80.5 Å². The molecule has 2 heterocycles. The predicted octanol–water partition coefficient (Wildman–Crippen LogP) is 0.146. The molecular formula is C12H19ClN4O2. The van der Waals surface area contributed by atoms with E-state index in [2.05, 4.69) is 15.2 Å². The molecule has 19 heavy (non-hydrogen) atoms. The van der Waals surface area contributed by atoms with Crippen LogP contribution in [0.1, 0.15) is 10.4 Å². The Labute approximate surface area is 118 Å². The van der Waals surface area contributed by atoms with E-state index in [1.54, 1.807) is 12.3 Å². The van der Waals surface area contributed by atoms with Crippen molar-refractivity contribution in [2.75, 3.05) is 39.0 Å². The molecule has 1 amide bonds. The summed E-state index contributed by atoms with van der Waals surface area (Å²) in [5.41, 5.74) is 6.55. The van der Waals surface area contributed by atoms with Gasteiger partial charge in [0.15, 0.2) is 0 Å². The van der Waals surface area contributed by atoms with E-state index < -0.39 is 0 Å². The van der Waals surface area contributed by atoms with Gasteiger partial charge < -0.3 is 20.7 Å². The summed E-state index contributed by atoms with van der Waals surface area (Å²) in [6.07, 6.45) is 3.06. The van der Waals surface area contributed by atoms with Crippen LogP contribution in [0.2, 0.25) is 0 Å². The lowest BCUT2D eigenvalue weighted by molar-refractivity contribution is -0.0175. The number of amides is 1. The van der Waals surface area contributed by atoms with Crippen LogP contribution in [0.3, 0.4) is 0 Å². The van der Waals surface area contributed by atoms with Crippen molar-refractivity contribution in [1.82, 2.24) is 15.2 Å². The molecule has 0 spiro atoms. The molecule has 0 bridgehead atoms. The van der Waals surface area contributed by atoms with Crippen molar-refractivity contribution < 1.29 is 9.53 Å². The first-order chi connectivity index (χ1) is 8.66. The highest BCUT2D eigenvalue weighted by atomic mass is 35.5. The molecule has 1 atom stereocenters. The number of nitrogen functional groups attached to an aromatic ring is 1. The second-order valence-electron chi connectivity index (χ2n) is 4.43. The number of nitrogens with two attached hydrogens (primary N) is 1. The van der Waals surface area contributed by atoms with Crippen molar-refractivity contribution in [3.05, 3.63) is 24.0 Å². The van der Waals surface area contributed by atoms with Gasteiger partial charge in [-0.2, -0.15) is 0 Å². The minimum absolute atomic E-state index is 0. The summed E-state index contributed by atoms with van der Waals surface area (Å²) in [6, 6.07) is 1.61. The minimum atomic E-state index is -0.211. The van der Waals surface area contributed by atoms with Gasteiger partial charge in [0.25, 0.3) is 5.91 Å². The monoisotopic (exact) mass is 286 g/mol. The van der Waals surface area contributed by atoms with Gasteiger partial charge in [-0.15, -0.1) is 12.4 Å². The number of nitrogens with zero attached hydrogens (tertiary/aromatic N) is 2. The second kappa shape index (κ2) is 7.28. The van der Waals surface area contributed by atoms with Gasteiger partial charge in [0.2, 0.25) is 0 Å². The highest BCUT2D eigenvalue weighted by molar-refractivity contribution is 5.98. The van der Waals surface area contributed by atoms with Gasteiger partial charge in [-0.3, -0.25) is 9.78 Å². The first-order valence-electron chi connectivity index (χ1n) is 5.94. The first kappa shape index (κ1) is 15.7. The van der Waals surface area contributed by atoms with E-state index in [-0.39, 0.29) is 24.4 Å². The lowest BCUT2D eigenvalue weighted by Crippen LogP contribution is -2.46. The van der Waals surface area contributed by atoms with Crippen LogP contribution in [0.25, 0.3) is 0 Å². The third kappa shape index (κ3) is 4.34. The van der Waals surface area contributed by atoms with E-state index >= 15 is 0 Å². The number of carbonyl (C=O) groups excluding carboxylic acids is 1. The summed E-state index contributed by atoms with van der Waals surface area (Å²) >= 11 is 0. The van der Waals surface area contributed by atoms with Gasteiger partial charge in [-0.1, -0.05) is 0 Å². The summed E-state index contributed by atoms with van der Waals surface area (Å²) in [7, 11) is 2.04. The van der Waals surface area contributed by atoms with E-state index in [4.69, 9.17) is 10.5 Å². The van der Waals surface area contributed by atoms with Crippen LogP contribution in [0.5, 0.6) is 0 Å². The molecule has 6 nitrogen and oxygen atoms in total. The zero-order valence-electron chi connectivity index (χ0n) is 10.8. The third-order valence-electron chi connectivity index (χ3n) is 2.93. The van der Waals surface area contributed by atoms with Crippen LogP contribution >= 0.6 is 12.4 Å². The van der Waals surface area contributed by atoms with E-state index in [9.17, 15) is 4.79 Å². The fourth-order valence-electron chi connectivity index (χ4n) is 1.89. The average Bonchev–Trinajstić information content (AvgIpc) is 2.37. The highest BCUT2D eigenvalue weighted by Crippen LogP contribution is 2.08. The van der Waals surface area contributed by atoms with Crippen molar-refractivity contribution in [2.24, 2.45) is 0 Å². The number of halogens is 1. The number of anilines is 1. The van der Waals surface area contributed by atoms with Crippen LogP contribution in [0.15, 0.2) is 18.5 Å². The lowest BCUT2D eigenvalue weighted by Gasteiger charge is -2.30. The number of hydrogen-bond donors (Lipinski definition) is 2. The zero-order chi connectivity index (χ0) is 13.0. The van der Waals surface area contributed by atoms with E-state index in [1.165, 1.54) is 6.20 Å². The molecule has 1 aromatic heterocycles. The van der Waals surface area contributed by atoms with E-state index in [1.807, 2.05) is 7.05 Å².